The maximum absolute atomic E-state index is 12.5. The highest BCUT2D eigenvalue weighted by molar-refractivity contribution is 5.95. The van der Waals surface area contributed by atoms with Gasteiger partial charge in [-0.25, -0.2) is 0 Å². The molecule has 6 heteroatoms. The van der Waals surface area contributed by atoms with Crippen LogP contribution in [0, 0.1) is 11.3 Å². The molecule has 2 N–H and O–H groups in total. The monoisotopic (exact) mass is 323 g/mol. The average Bonchev–Trinajstić information content (AvgIpc) is 2.95. The molecule has 1 aliphatic heterocycles. The van der Waals surface area contributed by atoms with E-state index in [1.807, 2.05) is 11.6 Å². The summed E-state index contributed by atoms with van der Waals surface area (Å²) in [5, 5.41) is 17.1. The third kappa shape index (κ3) is 4.32. The van der Waals surface area contributed by atoms with E-state index in [9.17, 15) is 9.90 Å². The summed E-state index contributed by atoms with van der Waals surface area (Å²) in [6.45, 7) is 8.96. The molecule has 1 amide bonds. The van der Waals surface area contributed by atoms with Crippen molar-refractivity contribution in [2.75, 3.05) is 26.4 Å². The van der Waals surface area contributed by atoms with Gasteiger partial charge in [-0.1, -0.05) is 20.8 Å². The molecule has 2 rings (SSSR count). The van der Waals surface area contributed by atoms with Gasteiger partial charge < -0.3 is 15.2 Å². The van der Waals surface area contributed by atoms with Crippen LogP contribution in [-0.2, 0) is 17.7 Å². The van der Waals surface area contributed by atoms with Crippen molar-refractivity contribution in [3.05, 3.63) is 17.5 Å². The molecule has 6 nitrogen and oxygen atoms in total. The van der Waals surface area contributed by atoms with Gasteiger partial charge in [0, 0.05) is 31.7 Å². The highest BCUT2D eigenvalue weighted by Gasteiger charge is 2.32. The van der Waals surface area contributed by atoms with Crippen LogP contribution >= 0.6 is 0 Å². The summed E-state index contributed by atoms with van der Waals surface area (Å²) in [6, 6.07) is 0. The molecule has 0 saturated carbocycles. The molecule has 2 heterocycles. The van der Waals surface area contributed by atoms with Crippen LogP contribution in [0.5, 0.6) is 0 Å². The van der Waals surface area contributed by atoms with E-state index in [0.29, 0.717) is 31.2 Å². The Morgan fingerprint density at radius 1 is 1.48 bits per heavy atom. The van der Waals surface area contributed by atoms with Gasteiger partial charge in [0.2, 0.25) is 0 Å². The van der Waals surface area contributed by atoms with E-state index in [4.69, 9.17) is 4.74 Å². The van der Waals surface area contributed by atoms with Crippen LogP contribution in [0.4, 0.5) is 0 Å². The molecule has 23 heavy (non-hydrogen) atoms. The standard InChI is InChI=1S/C17H29N3O3/c1-4-15-14(9-19-20(15)10-13(2)3)16(22)18-11-17(12-21)5-7-23-8-6-17/h9,13,21H,4-8,10-12H2,1-3H3,(H,18,22). The van der Waals surface area contributed by atoms with Crippen molar-refractivity contribution < 1.29 is 14.6 Å². The first-order chi connectivity index (χ1) is 11.0. The summed E-state index contributed by atoms with van der Waals surface area (Å²) in [7, 11) is 0. The van der Waals surface area contributed by atoms with E-state index in [-0.39, 0.29) is 17.9 Å². The predicted molar refractivity (Wildman–Crippen MR) is 88.3 cm³/mol. The minimum absolute atomic E-state index is 0.0733. The first-order valence-electron chi connectivity index (χ1n) is 8.53. The van der Waals surface area contributed by atoms with Gasteiger partial charge in [-0.05, 0) is 25.2 Å². The fourth-order valence-corrected chi connectivity index (χ4v) is 3.03. The quantitative estimate of drug-likeness (QED) is 0.799. The normalized spacial score (nSPS) is 17.4. The van der Waals surface area contributed by atoms with Crippen LogP contribution in [0.1, 0.15) is 49.7 Å². The molecule has 0 radical (unpaired) electrons. The summed E-state index contributed by atoms with van der Waals surface area (Å²) in [4.78, 5) is 12.5. The number of rotatable bonds is 7. The average molecular weight is 323 g/mol. The van der Waals surface area contributed by atoms with Gasteiger partial charge in [0.25, 0.3) is 5.91 Å². The Bertz CT molecular complexity index is 519. The number of hydrogen-bond acceptors (Lipinski definition) is 4. The minimum Gasteiger partial charge on any atom is -0.396 e. The lowest BCUT2D eigenvalue weighted by molar-refractivity contribution is -0.0146. The summed E-state index contributed by atoms with van der Waals surface area (Å²) in [5.41, 5.74) is 1.36. The zero-order valence-electron chi connectivity index (χ0n) is 14.5. The van der Waals surface area contributed by atoms with Crippen LogP contribution in [0.3, 0.4) is 0 Å². The van der Waals surface area contributed by atoms with E-state index in [2.05, 4.69) is 24.3 Å². The fraction of sp³-hybridized carbons (Fsp3) is 0.765. The predicted octanol–water partition coefficient (Wildman–Crippen LogP) is 1.62. The fourth-order valence-electron chi connectivity index (χ4n) is 3.03. The molecule has 0 atom stereocenters. The second kappa shape index (κ2) is 7.93. The van der Waals surface area contributed by atoms with E-state index in [1.54, 1.807) is 6.20 Å². The van der Waals surface area contributed by atoms with E-state index in [0.717, 1.165) is 31.5 Å². The van der Waals surface area contributed by atoms with Crippen LogP contribution < -0.4 is 5.32 Å². The van der Waals surface area contributed by atoms with Gasteiger partial charge in [-0.2, -0.15) is 5.10 Å². The molecule has 1 aromatic heterocycles. The number of carbonyl (C=O) groups excluding carboxylic acids is 1. The van der Waals surface area contributed by atoms with Crippen molar-refractivity contribution in [2.24, 2.45) is 11.3 Å². The molecule has 0 unspecified atom stereocenters. The first-order valence-corrected chi connectivity index (χ1v) is 8.53. The molecule has 1 aliphatic rings. The highest BCUT2D eigenvalue weighted by Crippen LogP contribution is 2.29. The molecule has 0 aromatic carbocycles. The Balaban J connectivity index is 2.04. The molecule has 0 spiro atoms. The first kappa shape index (κ1) is 17.9. The van der Waals surface area contributed by atoms with Crippen LogP contribution in [0.15, 0.2) is 6.20 Å². The maximum Gasteiger partial charge on any atom is 0.254 e. The topological polar surface area (TPSA) is 76.4 Å². The van der Waals surface area contributed by atoms with Crippen molar-refractivity contribution in [3.8, 4) is 0 Å². The maximum atomic E-state index is 12.5. The lowest BCUT2D eigenvalue weighted by Crippen LogP contribution is -2.43. The number of carbonyl (C=O) groups is 1. The minimum atomic E-state index is -0.256. The Morgan fingerprint density at radius 3 is 2.74 bits per heavy atom. The van der Waals surface area contributed by atoms with Crippen molar-refractivity contribution in [2.45, 2.75) is 46.6 Å². The van der Waals surface area contributed by atoms with Crippen LogP contribution in [-0.4, -0.2) is 47.2 Å². The number of nitrogens with zero attached hydrogens (tertiary/aromatic N) is 2. The second-order valence-electron chi connectivity index (χ2n) is 6.89. The largest absolute Gasteiger partial charge is 0.396 e. The summed E-state index contributed by atoms with van der Waals surface area (Å²) in [5.74, 6) is 0.382. The van der Waals surface area contributed by atoms with Gasteiger partial charge >= 0.3 is 0 Å². The number of aliphatic hydroxyl groups is 1. The highest BCUT2D eigenvalue weighted by atomic mass is 16.5. The Hall–Kier alpha value is -1.40. The van der Waals surface area contributed by atoms with Crippen LogP contribution in [0.2, 0.25) is 0 Å². The summed E-state index contributed by atoms with van der Waals surface area (Å²) >= 11 is 0. The molecule has 1 aromatic rings. The van der Waals surface area contributed by atoms with Gasteiger partial charge in [-0.3, -0.25) is 9.48 Å². The molecule has 130 valence electrons. The van der Waals surface area contributed by atoms with Gasteiger partial charge in [0.15, 0.2) is 0 Å². The SMILES string of the molecule is CCc1c(C(=O)NCC2(CO)CCOCC2)cnn1CC(C)C. The third-order valence-corrected chi connectivity index (χ3v) is 4.58. The Morgan fingerprint density at radius 2 is 2.17 bits per heavy atom. The number of aliphatic hydroxyl groups excluding tert-OH is 1. The molecular formula is C17H29N3O3. The molecule has 1 saturated heterocycles. The smallest absolute Gasteiger partial charge is 0.254 e. The Labute approximate surface area is 138 Å². The number of nitrogens with one attached hydrogen (secondary N) is 1. The number of hydrogen-bond donors (Lipinski definition) is 2. The van der Waals surface area contributed by atoms with Gasteiger partial charge in [-0.15, -0.1) is 0 Å². The molecule has 1 fully saturated rings. The summed E-state index contributed by atoms with van der Waals surface area (Å²) < 4.78 is 7.28. The van der Waals surface area contributed by atoms with E-state index in [1.165, 1.54) is 0 Å². The van der Waals surface area contributed by atoms with Crippen molar-refractivity contribution in [1.82, 2.24) is 15.1 Å². The third-order valence-electron chi connectivity index (χ3n) is 4.58. The van der Waals surface area contributed by atoms with E-state index < -0.39 is 0 Å². The van der Waals surface area contributed by atoms with E-state index >= 15 is 0 Å². The van der Waals surface area contributed by atoms with Gasteiger partial charge in [0.1, 0.15) is 0 Å². The van der Waals surface area contributed by atoms with Gasteiger partial charge in [0.05, 0.1) is 24.1 Å². The number of aromatic nitrogens is 2. The van der Waals surface area contributed by atoms with Crippen LogP contribution in [0.25, 0.3) is 0 Å². The summed E-state index contributed by atoms with van der Waals surface area (Å²) in [6.07, 6.45) is 3.98. The Kier molecular flexibility index (Phi) is 6.18. The molecule has 0 aliphatic carbocycles. The zero-order valence-corrected chi connectivity index (χ0v) is 14.5. The number of ether oxygens (including phenoxy) is 1. The van der Waals surface area contributed by atoms with Crippen molar-refractivity contribution >= 4 is 5.91 Å². The zero-order chi connectivity index (χ0) is 16.9. The lowest BCUT2D eigenvalue weighted by Gasteiger charge is -2.35. The van der Waals surface area contributed by atoms with Crippen molar-refractivity contribution in [1.29, 1.82) is 0 Å². The lowest BCUT2D eigenvalue weighted by atomic mass is 9.81. The van der Waals surface area contributed by atoms with Crippen molar-refractivity contribution in [3.63, 3.8) is 0 Å². The molecular weight excluding hydrogens is 294 g/mol. The molecule has 0 bridgehead atoms. The second-order valence-corrected chi connectivity index (χ2v) is 6.89. The number of amides is 1.